The van der Waals surface area contributed by atoms with Crippen molar-refractivity contribution in [1.82, 2.24) is 41.7 Å². The number of amides is 5. The fraction of sp³-hybridized carbons (Fsp3) is 0.897. The maximum atomic E-state index is 12.2. The molecule has 148 heavy (non-hydrogen) atoms. The first-order valence-electron chi connectivity index (χ1n) is 55.6. The minimum absolute atomic E-state index is 0. The monoisotopic (exact) mass is 2170 g/mol. The zero-order valence-electron chi connectivity index (χ0n) is 100. The second kappa shape index (κ2) is 62.7. The predicted molar refractivity (Wildman–Crippen MR) is 611 cm³/mol. The highest BCUT2D eigenvalue weighted by atomic mass is 32.2. The number of carbonyl (C=O) groups is 6. The van der Waals surface area contributed by atoms with Crippen molar-refractivity contribution in [1.29, 1.82) is 0 Å². The van der Waals surface area contributed by atoms with E-state index in [-0.39, 0.29) is 48.4 Å². The summed E-state index contributed by atoms with van der Waals surface area (Å²) in [6, 6.07) is 8.17. The van der Waals surface area contributed by atoms with Gasteiger partial charge in [0.1, 0.15) is 6.61 Å². The quantitative estimate of drug-likeness (QED) is 0.0973. The van der Waals surface area contributed by atoms with Crippen molar-refractivity contribution in [3.63, 3.8) is 0 Å². The molecule has 10 aliphatic rings. The molecule has 0 bridgehead atoms. The van der Waals surface area contributed by atoms with Crippen LogP contribution in [0.5, 0.6) is 0 Å². The van der Waals surface area contributed by atoms with Crippen LogP contribution in [0.2, 0.25) is 0 Å². The molecule has 1 aromatic rings. The van der Waals surface area contributed by atoms with Gasteiger partial charge in [0.25, 0.3) is 0 Å². The van der Waals surface area contributed by atoms with Gasteiger partial charge in [0.2, 0.25) is 46.0 Å². The topological polar surface area (TPSA) is 314 Å². The fourth-order valence-corrected chi connectivity index (χ4v) is 26.7. The van der Waals surface area contributed by atoms with E-state index in [0.29, 0.717) is 141 Å². The van der Waals surface area contributed by atoms with Crippen molar-refractivity contribution < 1.29 is 86.1 Å². The SMILES string of the molecule is C.CC(C)(C)CC1CCCN(S(=O)(=O)C2CC2)C1.CC(C)(C)CC1CCCN(S(C)(=O)=O)C1.CC(C)(C)CC1CCCN(S(C)(=O)=O)C1.CC(C)(C)CC1CCCN(S(C)(=O)=O)C1.CC(C)(C)CN1CCOC1=O.CCC(=O)N1CCCC(CC(C)(C)C)C1.COC(=O)Cc1ccc(CC(C)(C)C)cc1.COC(=O)N1CC(CC(C)(C)C)C1.COC(=O)N1CCCC(CC(C)(C)C)C1.COC(=O)N1CCCC(CC(C)(C)C)C1. The number of rotatable bonds is 18. The van der Waals surface area contributed by atoms with E-state index in [1.165, 1.54) is 130 Å². The van der Waals surface area contributed by atoms with Gasteiger partial charge in [-0.25, -0.2) is 70.1 Å². The molecule has 9 heterocycles. The highest BCUT2D eigenvalue weighted by molar-refractivity contribution is 7.90. The first-order chi connectivity index (χ1) is 66.9. The van der Waals surface area contributed by atoms with Crippen LogP contribution >= 0.6 is 0 Å². The van der Waals surface area contributed by atoms with Crippen LogP contribution in [0.3, 0.4) is 0 Å². The Kier molecular flexibility index (Phi) is 59.7. The van der Waals surface area contributed by atoms with Gasteiger partial charge >= 0.3 is 30.3 Å². The third-order valence-corrected chi connectivity index (χ3v) is 33.3. The van der Waals surface area contributed by atoms with Gasteiger partial charge in [-0.15, -0.1) is 0 Å². The molecule has 9 aliphatic heterocycles. The average Bonchev–Trinajstić information content (AvgIpc) is 1.65. The molecular formula is C116H223N9O19S4. The maximum absolute atomic E-state index is 12.2. The Bertz CT molecular complexity index is 4230. The fourth-order valence-electron chi connectivity index (χ4n) is 21.9. The summed E-state index contributed by atoms with van der Waals surface area (Å²) in [4.78, 5) is 76.6. The zero-order chi connectivity index (χ0) is 113. The van der Waals surface area contributed by atoms with Crippen LogP contribution in [-0.4, -0.2) is 289 Å². The molecule has 1 aliphatic carbocycles. The van der Waals surface area contributed by atoms with Gasteiger partial charge in [-0.3, -0.25) is 9.59 Å². The molecule has 28 nitrogen and oxygen atoms in total. The molecule has 11 rings (SSSR count). The van der Waals surface area contributed by atoms with Crippen molar-refractivity contribution in [2.24, 2.45) is 101 Å². The number of nitrogens with zero attached hydrogens (tertiary/aromatic N) is 9. The molecule has 5 amide bonds. The number of benzene rings is 1. The summed E-state index contributed by atoms with van der Waals surface area (Å²) in [5, 5.41) is -0.0455. The molecule has 0 N–H and O–H groups in total. The molecule has 0 radical (unpaired) electrons. The number of esters is 1. The maximum Gasteiger partial charge on any atom is 0.409 e. The number of methoxy groups -OCH3 is 4. The Morgan fingerprint density at radius 1 is 0.318 bits per heavy atom. The molecule has 1 aromatic carbocycles. The van der Waals surface area contributed by atoms with Crippen molar-refractivity contribution in [3.8, 4) is 0 Å². The van der Waals surface area contributed by atoms with Gasteiger partial charge in [-0.2, -0.15) is 0 Å². The summed E-state index contributed by atoms with van der Waals surface area (Å²) in [7, 11) is -6.14. The molecule has 0 aromatic heterocycles. The minimum Gasteiger partial charge on any atom is -0.469 e. The van der Waals surface area contributed by atoms with Crippen LogP contribution < -0.4 is 0 Å². The second-order valence-electron chi connectivity index (χ2n) is 56.3. The van der Waals surface area contributed by atoms with E-state index in [2.05, 4.69) is 234 Å². The predicted octanol–water partition coefficient (Wildman–Crippen LogP) is 25.0. The van der Waals surface area contributed by atoms with E-state index < -0.39 is 40.1 Å². The lowest BCUT2D eigenvalue weighted by Gasteiger charge is -2.40. The Morgan fingerprint density at radius 3 is 0.831 bits per heavy atom. The number of piperidine rings is 7. The van der Waals surface area contributed by atoms with E-state index in [0.717, 1.165) is 187 Å². The molecule has 32 heteroatoms. The Morgan fingerprint density at radius 2 is 0.574 bits per heavy atom. The van der Waals surface area contributed by atoms with Crippen molar-refractivity contribution in [3.05, 3.63) is 35.4 Å². The summed E-state index contributed by atoms with van der Waals surface area (Å²) >= 11 is 0. The van der Waals surface area contributed by atoms with Crippen LogP contribution in [-0.2, 0) is 86.2 Å². The van der Waals surface area contributed by atoms with Gasteiger partial charge in [0.15, 0.2) is 0 Å². The Balaban J connectivity index is 0.000000823. The third-order valence-electron chi connectivity index (χ3n) is 27.2. The second-order valence-corrected chi connectivity index (χ2v) is 64.5. The van der Waals surface area contributed by atoms with Crippen molar-refractivity contribution in [2.75, 3.05) is 172 Å². The van der Waals surface area contributed by atoms with Crippen molar-refractivity contribution in [2.45, 2.75) is 401 Å². The van der Waals surface area contributed by atoms with E-state index in [4.69, 9.17) is 14.2 Å². The van der Waals surface area contributed by atoms with Crippen LogP contribution in [0.1, 0.15) is 394 Å². The number of ether oxygens (including phenoxy) is 5. The highest BCUT2D eigenvalue weighted by Gasteiger charge is 2.43. The number of hydrogen-bond acceptors (Lipinski definition) is 19. The Labute approximate surface area is 907 Å². The van der Waals surface area contributed by atoms with Crippen LogP contribution in [0, 0.1) is 101 Å². The average molecular weight is 2180 g/mol. The van der Waals surface area contributed by atoms with Gasteiger partial charge < -0.3 is 48.2 Å². The van der Waals surface area contributed by atoms with E-state index in [1.54, 1.807) is 27.0 Å². The van der Waals surface area contributed by atoms with Crippen LogP contribution in [0.25, 0.3) is 0 Å². The van der Waals surface area contributed by atoms with E-state index >= 15 is 0 Å². The normalized spacial score (nSPS) is 22.1. The summed E-state index contributed by atoms with van der Waals surface area (Å²) in [5.74, 6) is 4.95. The van der Waals surface area contributed by atoms with Gasteiger partial charge in [-0.05, 0) is 273 Å². The summed E-state index contributed by atoms with van der Waals surface area (Å²) in [6.45, 7) is 83.7. The molecule has 870 valence electrons. The summed E-state index contributed by atoms with van der Waals surface area (Å²) in [6.07, 6.45) is 32.2. The molecule has 10 fully saturated rings. The smallest absolute Gasteiger partial charge is 0.409 e. The summed E-state index contributed by atoms with van der Waals surface area (Å²) < 4.78 is 123. The number of likely N-dealkylation sites (tertiary alicyclic amines) is 4. The van der Waals surface area contributed by atoms with Crippen LogP contribution in [0.15, 0.2) is 24.3 Å². The molecule has 7 atom stereocenters. The first-order valence-corrected chi connectivity index (χ1v) is 62.6. The molecule has 9 saturated heterocycles. The Hall–Kier alpha value is -5.12. The molecular weight excluding hydrogens is 1950 g/mol. The van der Waals surface area contributed by atoms with Crippen molar-refractivity contribution >= 4 is 76.3 Å². The number of carbonyl (C=O) groups excluding carboxylic acids is 6. The van der Waals surface area contributed by atoms with Gasteiger partial charge in [0, 0.05) is 118 Å². The number of cyclic esters (lactones) is 1. The standard InChI is InChI=1S/C14H20O2.C13H25NO2S.C13H25NO.2C12H23NO2.3C11H23NO2S.C10H19NO2.C8H15NO2.CH4/c1-14(2,3)10-12-7-5-11(6-8-12)9-13(15)16-4;1-13(2,3)9-11-5-4-8-14(10-11)17(15,16)12-6-7-12;1-5-12(15)14-8-6-7-11(10-14)9-13(2,3)4;2*1-12(2,3)8-10-6-5-7-13(9-10)11(14)15-4;3*1-11(2,3)8-10-6-5-7-12(9-10)15(4,13)14;1-10(2,3)5-8-6-11(7-8)9(12)13-4;1-8(2,3)6-9-4-5-11-7(9)10;/h5-8H,9-10H2,1-4H3;11-12H,4-10H2,1-3H3;11H,5-10H2,1-4H3;5*10H,5-9H2,1-4H3;8H,5-7H2,1-4H3;4-6H2,1-3H3;1H4. The first kappa shape index (κ1) is 141. The van der Waals surface area contributed by atoms with Gasteiger partial charge in [0.05, 0.1) is 65.4 Å². The summed E-state index contributed by atoms with van der Waals surface area (Å²) in [5.41, 5.74) is 5.43. The lowest BCUT2D eigenvalue weighted by Crippen LogP contribution is -2.50. The highest BCUT2D eigenvalue weighted by Crippen LogP contribution is 2.41. The van der Waals surface area contributed by atoms with Crippen LogP contribution in [0.4, 0.5) is 19.2 Å². The lowest BCUT2D eigenvalue weighted by atomic mass is 9.81. The number of hydrogen-bond donors (Lipinski definition) is 0. The largest absolute Gasteiger partial charge is 0.469 e. The third kappa shape index (κ3) is 65.0. The molecule has 0 spiro atoms. The lowest BCUT2D eigenvalue weighted by molar-refractivity contribution is -0.139. The number of sulfonamides is 4. The molecule has 7 unspecified atom stereocenters. The minimum atomic E-state index is -2.98. The molecule has 1 saturated carbocycles. The van der Waals surface area contributed by atoms with Gasteiger partial charge in [-0.1, -0.05) is 246 Å². The van der Waals surface area contributed by atoms with E-state index in [1.807, 2.05) is 28.9 Å². The van der Waals surface area contributed by atoms with E-state index in [9.17, 15) is 62.4 Å². The zero-order valence-corrected chi connectivity index (χ0v) is 104.